The van der Waals surface area contributed by atoms with Crippen molar-refractivity contribution in [3.8, 4) is 0 Å². The van der Waals surface area contributed by atoms with Crippen molar-refractivity contribution >= 4 is 0 Å². The fraction of sp³-hybridized carbons (Fsp3) is 0.692. The highest BCUT2D eigenvalue weighted by Crippen LogP contribution is 2.61. The van der Waals surface area contributed by atoms with E-state index in [1.54, 1.807) is 0 Å². The topological polar surface area (TPSA) is 9.23 Å². The van der Waals surface area contributed by atoms with Gasteiger partial charge in [0, 0.05) is 0 Å². The third kappa shape index (κ3) is 1.26. The van der Waals surface area contributed by atoms with E-state index in [4.69, 9.17) is 4.74 Å². The van der Waals surface area contributed by atoms with Crippen LogP contribution < -0.4 is 0 Å². The fourth-order valence-corrected chi connectivity index (χ4v) is 3.04. The van der Waals surface area contributed by atoms with Crippen molar-refractivity contribution in [2.45, 2.75) is 32.8 Å². The lowest BCUT2D eigenvalue weighted by Crippen LogP contribution is -2.53. The number of ether oxygens (including phenoxy) is 1. The first-order valence-corrected chi connectivity index (χ1v) is 5.48. The highest BCUT2D eigenvalue weighted by Gasteiger charge is 2.54. The maximum atomic E-state index is 5.72. The summed E-state index contributed by atoms with van der Waals surface area (Å²) in [5, 5.41) is 0. The van der Waals surface area contributed by atoms with Crippen molar-refractivity contribution in [2.75, 3.05) is 6.61 Å². The first-order chi connectivity index (χ1) is 6.57. The molecule has 1 heteroatoms. The van der Waals surface area contributed by atoms with E-state index in [-0.39, 0.29) is 0 Å². The Labute approximate surface area is 86.8 Å². The molecule has 0 aromatic rings. The van der Waals surface area contributed by atoms with Crippen molar-refractivity contribution < 1.29 is 4.74 Å². The maximum absolute atomic E-state index is 5.72. The van der Waals surface area contributed by atoms with Gasteiger partial charge in [0.05, 0.1) is 12.7 Å². The molecule has 3 unspecified atom stereocenters. The average Bonchev–Trinajstić information content (AvgIpc) is 2.15. The van der Waals surface area contributed by atoms with E-state index in [0.29, 0.717) is 24.0 Å². The van der Waals surface area contributed by atoms with Gasteiger partial charge >= 0.3 is 0 Å². The van der Waals surface area contributed by atoms with Gasteiger partial charge < -0.3 is 4.74 Å². The molecule has 2 bridgehead atoms. The Bertz CT molecular complexity index is 264. The van der Waals surface area contributed by atoms with Crippen LogP contribution in [0.15, 0.2) is 24.8 Å². The standard InChI is InChI=1S/C13H20O/c1-5-6-14-12-8-10-7-11(9(12)2)13(10,3)4/h5,10-12H,1-2,6-8H2,3-4H3. The smallest absolute Gasteiger partial charge is 0.0792 e. The molecule has 3 saturated carbocycles. The molecule has 0 heterocycles. The van der Waals surface area contributed by atoms with E-state index in [1.807, 2.05) is 6.08 Å². The Kier molecular flexibility index (Phi) is 2.30. The number of fused-ring (bicyclic) bond motifs is 2. The minimum atomic E-state index is 0.296. The van der Waals surface area contributed by atoms with Crippen LogP contribution in [0, 0.1) is 17.3 Å². The molecule has 0 aliphatic heterocycles. The lowest BCUT2D eigenvalue weighted by Gasteiger charge is -2.59. The molecular weight excluding hydrogens is 172 g/mol. The summed E-state index contributed by atoms with van der Waals surface area (Å²) in [4.78, 5) is 0. The first-order valence-electron chi connectivity index (χ1n) is 5.48. The van der Waals surface area contributed by atoms with Gasteiger partial charge in [-0.1, -0.05) is 26.5 Å². The van der Waals surface area contributed by atoms with Crippen LogP contribution in [0.2, 0.25) is 0 Å². The fourth-order valence-electron chi connectivity index (χ4n) is 3.04. The molecule has 3 rings (SSSR count). The molecule has 3 aliphatic carbocycles. The van der Waals surface area contributed by atoms with Gasteiger partial charge in [-0.2, -0.15) is 0 Å². The van der Waals surface area contributed by atoms with Gasteiger partial charge in [-0.05, 0) is 35.7 Å². The second-order valence-corrected chi connectivity index (χ2v) is 5.23. The van der Waals surface area contributed by atoms with Gasteiger partial charge in [0.2, 0.25) is 0 Å². The second-order valence-electron chi connectivity index (χ2n) is 5.23. The van der Waals surface area contributed by atoms with E-state index < -0.39 is 0 Å². The van der Waals surface area contributed by atoms with Gasteiger partial charge in [0.1, 0.15) is 0 Å². The molecule has 1 nitrogen and oxygen atoms in total. The molecule has 78 valence electrons. The minimum Gasteiger partial charge on any atom is -0.370 e. The molecule has 3 aliphatic rings. The van der Waals surface area contributed by atoms with E-state index in [0.717, 1.165) is 12.3 Å². The summed E-state index contributed by atoms with van der Waals surface area (Å²) in [6.07, 6.45) is 4.61. The molecule has 0 aromatic heterocycles. The van der Waals surface area contributed by atoms with E-state index in [2.05, 4.69) is 27.0 Å². The Balaban J connectivity index is 2.01. The van der Waals surface area contributed by atoms with E-state index in [9.17, 15) is 0 Å². The molecule has 3 atom stereocenters. The second kappa shape index (κ2) is 3.23. The largest absolute Gasteiger partial charge is 0.370 e. The number of hydrogen-bond acceptors (Lipinski definition) is 1. The van der Waals surface area contributed by atoms with Crippen molar-refractivity contribution in [1.82, 2.24) is 0 Å². The number of hydrogen-bond donors (Lipinski definition) is 0. The van der Waals surface area contributed by atoms with Crippen LogP contribution in [-0.2, 0) is 4.74 Å². The SMILES string of the molecule is C=CCOC1CC2CC(C1=C)C2(C)C. The van der Waals surface area contributed by atoms with Gasteiger partial charge in [-0.15, -0.1) is 6.58 Å². The average molecular weight is 192 g/mol. The van der Waals surface area contributed by atoms with Gasteiger partial charge in [0.25, 0.3) is 0 Å². The lowest BCUT2D eigenvalue weighted by atomic mass is 9.47. The molecule has 3 fully saturated rings. The van der Waals surface area contributed by atoms with Crippen LogP contribution in [0.3, 0.4) is 0 Å². The molecule has 0 saturated heterocycles. The zero-order valence-electron chi connectivity index (χ0n) is 9.25. The summed E-state index contributed by atoms with van der Waals surface area (Å²) in [5.41, 5.74) is 1.80. The zero-order valence-corrected chi connectivity index (χ0v) is 9.25. The van der Waals surface area contributed by atoms with Gasteiger partial charge in [-0.3, -0.25) is 0 Å². The van der Waals surface area contributed by atoms with Crippen molar-refractivity contribution in [3.05, 3.63) is 24.8 Å². The van der Waals surface area contributed by atoms with Crippen LogP contribution >= 0.6 is 0 Å². The third-order valence-corrected chi connectivity index (χ3v) is 4.25. The molecule has 14 heavy (non-hydrogen) atoms. The monoisotopic (exact) mass is 192 g/mol. The quantitative estimate of drug-likeness (QED) is 0.624. The Morgan fingerprint density at radius 3 is 2.71 bits per heavy atom. The summed E-state index contributed by atoms with van der Waals surface area (Å²) in [7, 11) is 0. The molecular formula is C13H20O. The Hall–Kier alpha value is -0.560. The highest BCUT2D eigenvalue weighted by molar-refractivity contribution is 5.23. The van der Waals surface area contributed by atoms with Crippen LogP contribution in [0.4, 0.5) is 0 Å². The van der Waals surface area contributed by atoms with Gasteiger partial charge in [0.15, 0.2) is 0 Å². The predicted octanol–water partition coefficient (Wildman–Crippen LogP) is 3.18. The van der Waals surface area contributed by atoms with E-state index >= 15 is 0 Å². The van der Waals surface area contributed by atoms with E-state index in [1.165, 1.54) is 12.0 Å². The molecule has 0 amide bonds. The molecule has 0 aromatic carbocycles. The number of rotatable bonds is 3. The Morgan fingerprint density at radius 2 is 2.21 bits per heavy atom. The van der Waals surface area contributed by atoms with Crippen molar-refractivity contribution in [2.24, 2.45) is 17.3 Å². The van der Waals surface area contributed by atoms with Crippen LogP contribution in [0.1, 0.15) is 26.7 Å². The first kappa shape index (κ1) is 9.97. The lowest BCUT2D eigenvalue weighted by molar-refractivity contribution is -0.0862. The summed E-state index contributed by atoms with van der Waals surface area (Å²) in [6, 6.07) is 0. The highest BCUT2D eigenvalue weighted by atomic mass is 16.5. The van der Waals surface area contributed by atoms with Gasteiger partial charge in [-0.25, -0.2) is 0 Å². The third-order valence-electron chi connectivity index (χ3n) is 4.25. The van der Waals surface area contributed by atoms with Crippen LogP contribution in [-0.4, -0.2) is 12.7 Å². The molecule has 0 N–H and O–H groups in total. The summed E-state index contributed by atoms with van der Waals surface area (Å²) in [6.45, 7) is 13.3. The molecule has 0 spiro atoms. The van der Waals surface area contributed by atoms with Crippen LogP contribution in [0.25, 0.3) is 0 Å². The summed E-state index contributed by atoms with van der Waals surface area (Å²) in [5.74, 6) is 1.53. The minimum absolute atomic E-state index is 0.296. The van der Waals surface area contributed by atoms with Crippen molar-refractivity contribution in [3.63, 3.8) is 0 Å². The summed E-state index contributed by atoms with van der Waals surface area (Å²) >= 11 is 0. The zero-order chi connectivity index (χ0) is 10.3. The van der Waals surface area contributed by atoms with Crippen LogP contribution in [0.5, 0.6) is 0 Å². The molecule has 0 radical (unpaired) electrons. The maximum Gasteiger partial charge on any atom is 0.0792 e. The van der Waals surface area contributed by atoms with Crippen molar-refractivity contribution in [1.29, 1.82) is 0 Å². The normalized spacial score (nSPS) is 39.0. The predicted molar refractivity (Wildman–Crippen MR) is 59.1 cm³/mol. The summed E-state index contributed by atoms with van der Waals surface area (Å²) < 4.78 is 5.72. The Morgan fingerprint density at radius 1 is 1.50 bits per heavy atom.